The maximum absolute atomic E-state index is 12.1. The number of para-hydroxylation sites is 1. The maximum atomic E-state index is 12.1. The van der Waals surface area contributed by atoms with E-state index in [-0.39, 0.29) is 5.91 Å². The van der Waals surface area contributed by atoms with Crippen molar-refractivity contribution in [3.63, 3.8) is 0 Å². The zero-order valence-electron chi connectivity index (χ0n) is 15.6. The van der Waals surface area contributed by atoms with E-state index in [1.165, 1.54) is 0 Å². The third-order valence-corrected chi connectivity index (χ3v) is 4.03. The molecular weight excluding hydrogens is 382 g/mol. The number of hydrazine groups is 1. The molecule has 0 aliphatic carbocycles. The molecule has 2 aromatic carbocycles. The van der Waals surface area contributed by atoms with Crippen LogP contribution in [0.15, 0.2) is 48.5 Å². The Labute approximate surface area is 168 Å². The number of anilines is 1. The van der Waals surface area contributed by atoms with Crippen LogP contribution in [-0.4, -0.2) is 23.8 Å². The summed E-state index contributed by atoms with van der Waals surface area (Å²) in [5.41, 5.74) is 5.55. The van der Waals surface area contributed by atoms with Gasteiger partial charge in [-0.25, -0.2) is 0 Å². The Morgan fingerprint density at radius 2 is 1.71 bits per heavy atom. The van der Waals surface area contributed by atoms with Crippen LogP contribution in [0, 0.1) is 0 Å². The molecule has 0 heterocycles. The van der Waals surface area contributed by atoms with Gasteiger partial charge in [-0.15, -0.1) is 0 Å². The summed E-state index contributed by atoms with van der Waals surface area (Å²) < 4.78 is 5.48. The van der Waals surface area contributed by atoms with Crippen LogP contribution in [0.2, 0.25) is 5.02 Å². The first kappa shape index (κ1) is 21.2. The molecule has 8 heteroatoms. The molecule has 0 bridgehead atoms. The molecule has 3 N–H and O–H groups in total. The van der Waals surface area contributed by atoms with Crippen molar-refractivity contribution in [1.82, 2.24) is 10.9 Å². The normalized spacial score (nSPS) is 11.2. The maximum Gasteiger partial charge on any atom is 0.279 e. The van der Waals surface area contributed by atoms with Crippen LogP contribution >= 0.6 is 11.6 Å². The van der Waals surface area contributed by atoms with E-state index >= 15 is 0 Å². The van der Waals surface area contributed by atoms with Gasteiger partial charge < -0.3 is 10.1 Å². The van der Waals surface area contributed by atoms with Crippen LogP contribution < -0.4 is 20.9 Å². The van der Waals surface area contributed by atoms with Crippen molar-refractivity contribution in [2.45, 2.75) is 32.8 Å². The van der Waals surface area contributed by atoms with Gasteiger partial charge in [-0.3, -0.25) is 25.2 Å². The highest BCUT2D eigenvalue weighted by atomic mass is 35.5. The van der Waals surface area contributed by atoms with Crippen LogP contribution in [0.25, 0.3) is 0 Å². The summed E-state index contributed by atoms with van der Waals surface area (Å²) in [4.78, 5) is 35.8. The average molecular weight is 404 g/mol. The summed E-state index contributed by atoms with van der Waals surface area (Å²) in [6, 6.07) is 13.1. The molecule has 0 radical (unpaired) electrons. The molecule has 2 aromatic rings. The van der Waals surface area contributed by atoms with Crippen LogP contribution in [0.3, 0.4) is 0 Å². The molecule has 7 nitrogen and oxygen atoms in total. The number of halogens is 1. The molecule has 0 saturated carbocycles. The summed E-state index contributed by atoms with van der Waals surface area (Å²) in [6.45, 7) is 3.46. The van der Waals surface area contributed by atoms with Crippen molar-refractivity contribution >= 4 is 35.0 Å². The summed E-state index contributed by atoms with van der Waals surface area (Å²) >= 11 is 5.99. The van der Waals surface area contributed by atoms with Crippen molar-refractivity contribution in [1.29, 1.82) is 0 Å². The zero-order valence-corrected chi connectivity index (χ0v) is 16.4. The quantitative estimate of drug-likeness (QED) is 0.618. The molecule has 0 aliphatic rings. The van der Waals surface area contributed by atoms with Crippen molar-refractivity contribution in [3.05, 3.63) is 59.1 Å². The average Bonchev–Trinajstić information content (AvgIpc) is 2.68. The Morgan fingerprint density at radius 3 is 2.36 bits per heavy atom. The Hall–Kier alpha value is -3.06. The van der Waals surface area contributed by atoms with E-state index in [0.29, 0.717) is 28.4 Å². The zero-order chi connectivity index (χ0) is 20.5. The SMILES string of the molecule is CCCC(=O)Nc1ccc(C(=O)NNC(=O)C(C)Oc2ccccc2Cl)cc1. The summed E-state index contributed by atoms with van der Waals surface area (Å²) in [5, 5.41) is 3.12. The van der Waals surface area contributed by atoms with E-state index in [1.54, 1.807) is 55.5 Å². The molecule has 0 aromatic heterocycles. The van der Waals surface area contributed by atoms with Crippen LogP contribution in [0.1, 0.15) is 37.0 Å². The van der Waals surface area contributed by atoms with Crippen molar-refractivity contribution in [2.75, 3.05) is 5.32 Å². The van der Waals surface area contributed by atoms with Crippen LogP contribution in [-0.2, 0) is 9.59 Å². The first-order chi connectivity index (χ1) is 13.4. The summed E-state index contributed by atoms with van der Waals surface area (Å²) in [7, 11) is 0. The minimum absolute atomic E-state index is 0.0838. The predicted molar refractivity (Wildman–Crippen MR) is 107 cm³/mol. The Balaban J connectivity index is 1.84. The van der Waals surface area contributed by atoms with Crippen molar-refractivity contribution in [3.8, 4) is 5.75 Å². The number of amides is 3. The second-order valence-electron chi connectivity index (χ2n) is 6.01. The fourth-order valence-electron chi connectivity index (χ4n) is 2.23. The molecule has 2 rings (SSSR count). The number of hydrogen-bond donors (Lipinski definition) is 3. The second-order valence-corrected chi connectivity index (χ2v) is 6.42. The van der Waals surface area contributed by atoms with Gasteiger partial charge in [0, 0.05) is 17.7 Å². The molecule has 1 atom stereocenters. The smallest absolute Gasteiger partial charge is 0.279 e. The van der Waals surface area contributed by atoms with Crippen LogP contribution in [0.4, 0.5) is 5.69 Å². The molecule has 28 heavy (non-hydrogen) atoms. The number of hydrogen-bond acceptors (Lipinski definition) is 4. The lowest BCUT2D eigenvalue weighted by Crippen LogP contribution is -2.47. The van der Waals surface area contributed by atoms with Gasteiger partial charge in [-0.05, 0) is 49.7 Å². The van der Waals surface area contributed by atoms with Crippen molar-refractivity contribution < 1.29 is 19.1 Å². The Bertz CT molecular complexity index is 840. The third-order valence-electron chi connectivity index (χ3n) is 3.72. The second kappa shape index (κ2) is 10.3. The van der Waals surface area contributed by atoms with Gasteiger partial charge in [0.05, 0.1) is 5.02 Å². The standard InChI is InChI=1S/C20H22ClN3O4/c1-3-6-18(25)22-15-11-9-14(10-12-15)20(27)24-23-19(26)13(2)28-17-8-5-4-7-16(17)21/h4-5,7-13H,3,6H2,1-2H3,(H,22,25)(H,23,26)(H,24,27). The van der Waals surface area contributed by atoms with E-state index in [9.17, 15) is 14.4 Å². The molecular formula is C20H22ClN3O4. The first-order valence-electron chi connectivity index (χ1n) is 8.82. The van der Waals surface area contributed by atoms with E-state index in [1.807, 2.05) is 6.92 Å². The lowest BCUT2D eigenvalue weighted by molar-refractivity contribution is -0.128. The highest BCUT2D eigenvalue weighted by Gasteiger charge is 2.17. The number of benzene rings is 2. The number of ether oxygens (including phenoxy) is 1. The van der Waals surface area contributed by atoms with E-state index < -0.39 is 17.9 Å². The Morgan fingerprint density at radius 1 is 1.04 bits per heavy atom. The summed E-state index contributed by atoms with van der Waals surface area (Å²) in [5.74, 6) is -0.736. The monoisotopic (exact) mass is 403 g/mol. The fraction of sp³-hybridized carbons (Fsp3) is 0.250. The van der Waals surface area contributed by atoms with Gasteiger partial charge in [0.15, 0.2) is 6.10 Å². The van der Waals surface area contributed by atoms with Gasteiger partial charge in [-0.1, -0.05) is 30.7 Å². The molecule has 148 valence electrons. The molecule has 1 unspecified atom stereocenters. The molecule has 0 saturated heterocycles. The number of carbonyl (C=O) groups excluding carboxylic acids is 3. The highest BCUT2D eigenvalue weighted by Crippen LogP contribution is 2.24. The molecule has 3 amide bonds. The highest BCUT2D eigenvalue weighted by molar-refractivity contribution is 6.32. The van der Waals surface area contributed by atoms with Gasteiger partial charge in [0.2, 0.25) is 5.91 Å². The number of rotatable bonds is 7. The van der Waals surface area contributed by atoms with Gasteiger partial charge in [0.1, 0.15) is 5.75 Å². The topological polar surface area (TPSA) is 96.5 Å². The van der Waals surface area contributed by atoms with Gasteiger partial charge in [-0.2, -0.15) is 0 Å². The van der Waals surface area contributed by atoms with E-state index in [2.05, 4.69) is 16.2 Å². The minimum Gasteiger partial charge on any atom is -0.479 e. The number of carbonyl (C=O) groups is 3. The lowest BCUT2D eigenvalue weighted by atomic mass is 10.2. The lowest BCUT2D eigenvalue weighted by Gasteiger charge is -2.16. The predicted octanol–water partition coefficient (Wildman–Crippen LogP) is 3.31. The largest absolute Gasteiger partial charge is 0.479 e. The van der Waals surface area contributed by atoms with Crippen molar-refractivity contribution in [2.24, 2.45) is 0 Å². The van der Waals surface area contributed by atoms with E-state index in [0.717, 1.165) is 6.42 Å². The van der Waals surface area contributed by atoms with Gasteiger partial charge >= 0.3 is 0 Å². The molecule has 0 aliphatic heterocycles. The van der Waals surface area contributed by atoms with E-state index in [4.69, 9.17) is 16.3 Å². The minimum atomic E-state index is -0.864. The molecule has 0 spiro atoms. The van der Waals surface area contributed by atoms with Gasteiger partial charge in [0.25, 0.3) is 11.8 Å². The fourth-order valence-corrected chi connectivity index (χ4v) is 2.41. The third kappa shape index (κ3) is 6.28. The van der Waals surface area contributed by atoms with Crippen LogP contribution in [0.5, 0.6) is 5.75 Å². The molecule has 0 fully saturated rings. The first-order valence-corrected chi connectivity index (χ1v) is 9.19. The number of nitrogens with one attached hydrogen (secondary N) is 3. The Kier molecular flexibility index (Phi) is 7.83. The summed E-state index contributed by atoms with van der Waals surface area (Å²) in [6.07, 6.45) is 0.323.